The van der Waals surface area contributed by atoms with Crippen LogP contribution in [0.5, 0.6) is 0 Å². The normalized spacial score (nSPS) is 10.1. The lowest BCUT2D eigenvalue weighted by molar-refractivity contribution is 0.0697. The number of benzene rings is 1. The molecule has 0 saturated heterocycles. The first kappa shape index (κ1) is 12.1. The van der Waals surface area contributed by atoms with Crippen molar-refractivity contribution >= 4 is 11.8 Å². The zero-order valence-corrected chi connectivity index (χ0v) is 10.1. The van der Waals surface area contributed by atoms with Gasteiger partial charge in [0, 0.05) is 12.7 Å². The van der Waals surface area contributed by atoms with Gasteiger partial charge in [-0.15, -0.1) is 0 Å². The van der Waals surface area contributed by atoms with Crippen molar-refractivity contribution in [3.63, 3.8) is 0 Å². The van der Waals surface area contributed by atoms with Crippen molar-refractivity contribution in [3.8, 4) is 0 Å². The van der Waals surface area contributed by atoms with Gasteiger partial charge in [-0.05, 0) is 24.1 Å². The first-order chi connectivity index (χ1) is 8.68. The van der Waals surface area contributed by atoms with Crippen LogP contribution in [-0.2, 0) is 6.54 Å². The van der Waals surface area contributed by atoms with E-state index in [2.05, 4.69) is 10.3 Å². The molecule has 4 nitrogen and oxygen atoms in total. The van der Waals surface area contributed by atoms with Crippen LogP contribution in [0.25, 0.3) is 0 Å². The predicted octanol–water partition coefficient (Wildman–Crippen LogP) is 2.70. The van der Waals surface area contributed by atoms with Crippen LogP contribution >= 0.6 is 0 Å². The number of nitrogens with zero attached hydrogens (tertiary/aromatic N) is 1. The van der Waals surface area contributed by atoms with Crippen LogP contribution in [0, 0.1) is 6.92 Å². The summed E-state index contributed by atoms with van der Waals surface area (Å²) in [5.41, 5.74) is 2.01. The fraction of sp³-hybridized carbons (Fsp3) is 0.143. The van der Waals surface area contributed by atoms with Crippen LogP contribution in [0.3, 0.4) is 0 Å². The lowest BCUT2D eigenvalue weighted by atomic mass is 10.1. The van der Waals surface area contributed by atoms with E-state index < -0.39 is 5.97 Å². The lowest BCUT2D eigenvalue weighted by Gasteiger charge is -2.10. The molecule has 2 N–H and O–H groups in total. The Balaban J connectivity index is 2.20. The highest BCUT2D eigenvalue weighted by Gasteiger charge is 2.13. The number of rotatable bonds is 4. The van der Waals surface area contributed by atoms with Gasteiger partial charge < -0.3 is 10.4 Å². The molecule has 0 saturated carbocycles. The molecule has 0 radical (unpaired) electrons. The lowest BCUT2D eigenvalue weighted by Crippen LogP contribution is -2.09. The molecule has 0 aliphatic heterocycles. The van der Waals surface area contributed by atoms with Gasteiger partial charge >= 0.3 is 5.97 Å². The minimum absolute atomic E-state index is 0.230. The number of carbonyl (C=O) groups is 1. The Morgan fingerprint density at radius 2 is 2.00 bits per heavy atom. The minimum atomic E-state index is -0.962. The fourth-order valence-electron chi connectivity index (χ4n) is 1.74. The number of carboxylic acids is 1. The van der Waals surface area contributed by atoms with E-state index in [9.17, 15) is 4.79 Å². The second-order valence-corrected chi connectivity index (χ2v) is 4.00. The highest BCUT2D eigenvalue weighted by atomic mass is 16.4. The SMILES string of the molecule is Cc1ccnc(NCc2ccccc2)c1C(=O)O. The molecule has 1 aromatic carbocycles. The maximum absolute atomic E-state index is 11.2. The summed E-state index contributed by atoms with van der Waals surface area (Å²) < 4.78 is 0. The van der Waals surface area contributed by atoms with Crippen molar-refractivity contribution in [1.29, 1.82) is 0 Å². The molecule has 0 bridgehead atoms. The Bertz CT molecular complexity index is 553. The molecule has 2 rings (SSSR count). The van der Waals surface area contributed by atoms with Crippen LogP contribution in [0.4, 0.5) is 5.82 Å². The quantitative estimate of drug-likeness (QED) is 0.865. The van der Waals surface area contributed by atoms with Crippen molar-refractivity contribution < 1.29 is 9.90 Å². The monoisotopic (exact) mass is 242 g/mol. The van der Waals surface area contributed by atoms with Gasteiger partial charge in [0.1, 0.15) is 11.4 Å². The van der Waals surface area contributed by atoms with Gasteiger partial charge in [-0.25, -0.2) is 9.78 Å². The maximum atomic E-state index is 11.2. The summed E-state index contributed by atoms with van der Waals surface area (Å²) >= 11 is 0. The highest BCUT2D eigenvalue weighted by Crippen LogP contribution is 2.17. The molecular formula is C14H14N2O2. The van der Waals surface area contributed by atoms with E-state index in [4.69, 9.17) is 5.11 Å². The molecule has 0 fully saturated rings. The second-order valence-electron chi connectivity index (χ2n) is 4.00. The summed E-state index contributed by atoms with van der Waals surface area (Å²) in [7, 11) is 0. The standard InChI is InChI=1S/C14H14N2O2/c1-10-7-8-15-13(12(10)14(17)18)16-9-11-5-3-2-4-6-11/h2-8H,9H2,1H3,(H,15,16)(H,17,18). The topological polar surface area (TPSA) is 62.2 Å². The smallest absolute Gasteiger partial charge is 0.339 e. The maximum Gasteiger partial charge on any atom is 0.339 e. The van der Waals surface area contributed by atoms with Crippen molar-refractivity contribution in [2.75, 3.05) is 5.32 Å². The number of pyridine rings is 1. The van der Waals surface area contributed by atoms with Crippen LogP contribution in [0.1, 0.15) is 21.5 Å². The molecule has 0 amide bonds. The van der Waals surface area contributed by atoms with Gasteiger partial charge in [-0.1, -0.05) is 30.3 Å². The third-order valence-electron chi connectivity index (χ3n) is 2.68. The Hall–Kier alpha value is -2.36. The Labute approximate surface area is 105 Å². The number of anilines is 1. The number of hydrogen-bond donors (Lipinski definition) is 2. The molecule has 4 heteroatoms. The zero-order chi connectivity index (χ0) is 13.0. The van der Waals surface area contributed by atoms with E-state index in [-0.39, 0.29) is 5.56 Å². The van der Waals surface area contributed by atoms with E-state index in [1.165, 1.54) is 0 Å². The number of carboxylic acid groups (broad SMARTS) is 1. The number of aromatic carboxylic acids is 1. The van der Waals surface area contributed by atoms with Crippen LogP contribution < -0.4 is 5.32 Å². The molecule has 18 heavy (non-hydrogen) atoms. The van der Waals surface area contributed by atoms with E-state index in [1.54, 1.807) is 19.2 Å². The summed E-state index contributed by atoms with van der Waals surface area (Å²) in [6, 6.07) is 11.5. The molecule has 1 heterocycles. The molecule has 0 aliphatic rings. The average Bonchev–Trinajstić information content (AvgIpc) is 2.37. The number of aromatic nitrogens is 1. The second kappa shape index (κ2) is 5.31. The molecular weight excluding hydrogens is 228 g/mol. The van der Waals surface area contributed by atoms with Gasteiger partial charge in [-0.2, -0.15) is 0 Å². The fourth-order valence-corrected chi connectivity index (χ4v) is 1.74. The van der Waals surface area contributed by atoms with Gasteiger partial charge in [0.15, 0.2) is 0 Å². The minimum Gasteiger partial charge on any atom is -0.478 e. The number of aryl methyl sites for hydroxylation is 1. The van der Waals surface area contributed by atoms with Crippen molar-refractivity contribution in [2.45, 2.75) is 13.5 Å². The number of nitrogens with one attached hydrogen (secondary N) is 1. The van der Waals surface area contributed by atoms with Gasteiger partial charge in [0.25, 0.3) is 0 Å². The van der Waals surface area contributed by atoms with Gasteiger partial charge in [0.2, 0.25) is 0 Å². The van der Waals surface area contributed by atoms with E-state index in [1.807, 2.05) is 30.3 Å². The van der Waals surface area contributed by atoms with Crippen molar-refractivity contribution in [3.05, 3.63) is 59.3 Å². The van der Waals surface area contributed by atoms with E-state index >= 15 is 0 Å². The molecule has 0 unspecified atom stereocenters. The van der Waals surface area contributed by atoms with Gasteiger partial charge in [0.05, 0.1) is 0 Å². The third-order valence-corrected chi connectivity index (χ3v) is 2.68. The number of hydrogen-bond acceptors (Lipinski definition) is 3. The Morgan fingerprint density at radius 3 is 2.67 bits per heavy atom. The van der Waals surface area contributed by atoms with Crippen LogP contribution in [-0.4, -0.2) is 16.1 Å². The van der Waals surface area contributed by atoms with E-state index in [0.717, 1.165) is 5.56 Å². The molecule has 0 aliphatic carbocycles. The summed E-state index contributed by atoms with van der Waals surface area (Å²) in [5.74, 6) is -0.553. The predicted molar refractivity (Wildman–Crippen MR) is 69.7 cm³/mol. The Kier molecular flexibility index (Phi) is 3.57. The Morgan fingerprint density at radius 1 is 1.28 bits per heavy atom. The summed E-state index contributed by atoms with van der Waals surface area (Å²) in [6.07, 6.45) is 1.61. The molecule has 92 valence electrons. The first-order valence-electron chi connectivity index (χ1n) is 5.65. The van der Waals surface area contributed by atoms with Crippen LogP contribution in [0.2, 0.25) is 0 Å². The third kappa shape index (κ3) is 2.66. The highest BCUT2D eigenvalue weighted by molar-refractivity contribution is 5.94. The van der Waals surface area contributed by atoms with Crippen LogP contribution in [0.15, 0.2) is 42.6 Å². The summed E-state index contributed by atoms with van der Waals surface area (Å²) in [5, 5.41) is 12.2. The summed E-state index contributed by atoms with van der Waals surface area (Å²) in [6.45, 7) is 2.32. The largest absolute Gasteiger partial charge is 0.478 e. The molecule has 0 atom stereocenters. The van der Waals surface area contributed by atoms with Gasteiger partial charge in [-0.3, -0.25) is 0 Å². The molecule has 2 aromatic rings. The van der Waals surface area contributed by atoms with Crippen molar-refractivity contribution in [2.24, 2.45) is 0 Å². The molecule has 1 aromatic heterocycles. The zero-order valence-electron chi connectivity index (χ0n) is 10.1. The first-order valence-corrected chi connectivity index (χ1v) is 5.65. The average molecular weight is 242 g/mol. The van der Waals surface area contributed by atoms with E-state index in [0.29, 0.717) is 17.9 Å². The van der Waals surface area contributed by atoms with Crippen molar-refractivity contribution in [1.82, 2.24) is 4.98 Å². The summed E-state index contributed by atoms with van der Waals surface area (Å²) in [4.78, 5) is 15.3. The molecule has 0 spiro atoms.